The molecule has 2 fully saturated rings. The fourth-order valence-corrected chi connectivity index (χ4v) is 10.5. The second-order valence-corrected chi connectivity index (χ2v) is 20.3. The highest BCUT2D eigenvalue weighted by molar-refractivity contribution is 7.93. The SMILES string of the molecule is NCC(=O)c1ccc(CN(c2ccc(F)c(Cl)c2)S(=O)(=O)CCN2CCCC2)c(F)c1.O=S(=O)(CCN1CCCC1)N(Cc1ccc(-c2nnc(C(F)F)o2)cc1F)c1ccc(F)c(Cl)c1. The smallest absolute Gasteiger partial charge is 0.314 e. The molecule has 4 aromatic carbocycles. The van der Waals surface area contributed by atoms with Crippen molar-refractivity contribution < 1.29 is 52.4 Å². The molecule has 0 amide bonds. The van der Waals surface area contributed by atoms with E-state index in [9.17, 15) is 48.0 Å². The Morgan fingerprint density at radius 3 is 1.55 bits per heavy atom. The summed E-state index contributed by atoms with van der Waals surface area (Å²) in [4.78, 5) is 15.8. The molecule has 0 spiro atoms. The summed E-state index contributed by atoms with van der Waals surface area (Å²) in [5.74, 6) is -4.96. The Hall–Kier alpha value is -4.77. The van der Waals surface area contributed by atoms with Crippen molar-refractivity contribution in [2.45, 2.75) is 45.2 Å². The molecule has 2 aliphatic rings. The molecule has 356 valence electrons. The van der Waals surface area contributed by atoms with E-state index >= 15 is 0 Å². The Kier molecular flexibility index (Phi) is 17.1. The van der Waals surface area contributed by atoms with E-state index in [0.717, 1.165) is 84.7 Å². The number of hydrogen-bond donors (Lipinski definition) is 1. The third kappa shape index (κ3) is 13.0. The van der Waals surface area contributed by atoms with Gasteiger partial charge in [-0.25, -0.2) is 34.4 Å². The summed E-state index contributed by atoms with van der Waals surface area (Å²) in [6.45, 7) is 2.94. The van der Waals surface area contributed by atoms with Gasteiger partial charge >= 0.3 is 6.43 Å². The molecule has 7 rings (SSSR count). The molecule has 0 bridgehead atoms. The first-order valence-corrected chi connectivity index (χ1v) is 24.6. The number of hydrogen-bond acceptors (Lipinski definition) is 11. The normalized spacial score (nSPS) is 14.7. The first-order chi connectivity index (χ1) is 31.3. The van der Waals surface area contributed by atoms with Crippen LogP contribution in [0.15, 0.2) is 77.2 Å². The maximum absolute atomic E-state index is 15.0. The van der Waals surface area contributed by atoms with Crippen molar-refractivity contribution in [3.05, 3.63) is 129 Å². The number of Topliss-reactive ketones (excluding diaryl/α,β-unsaturated/α-hetero) is 1. The van der Waals surface area contributed by atoms with Gasteiger partial charge < -0.3 is 20.0 Å². The lowest BCUT2D eigenvalue weighted by Crippen LogP contribution is -2.37. The molecule has 3 heterocycles. The minimum Gasteiger partial charge on any atom is -0.415 e. The summed E-state index contributed by atoms with van der Waals surface area (Å²) >= 11 is 11.7. The van der Waals surface area contributed by atoms with Gasteiger partial charge in [0.25, 0.3) is 5.89 Å². The van der Waals surface area contributed by atoms with E-state index in [1.807, 2.05) is 4.90 Å². The van der Waals surface area contributed by atoms with E-state index in [-0.39, 0.29) is 74.2 Å². The topological polar surface area (TPSA) is 163 Å². The molecule has 23 heteroatoms. The molecule has 2 saturated heterocycles. The summed E-state index contributed by atoms with van der Waals surface area (Å²) in [6.07, 6.45) is 1.07. The maximum Gasteiger partial charge on any atom is 0.314 e. The van der Waals surface area contributed by atoms with Gasteiger partial charge in [-0.3, -0.25) is 13.4 Å². The number of nitrogens with two attached hydrogens (primary N) is 1. The van der Waals surface area contributed by atoms with Crippen LogP contribution in [0.3, 0.4) is 0 Å². The summed E-state index contributed by atoms with van der Waals surface area (Å²) in [7, 11) is -7.84. The molecule has 2 aliphatic heterocycles. The second-order valence-electron chi connectivity index (χ2n) is 15.4. The van der Waals surface area contributed by atoms with Gasteiger partial charge in [-0.1, -0.05) is 41.4 Å². The van der Waals surface area contributed by atoms with Crippen molar-refractivity contribution in [2.75, 3.05) is 65.9 Å². The van der Waals surface area contributed by atoms with Crippen LogP contribution < -0.4 is 14.3 Å². The third-order valence-electron chi connectivity index (χ3n) is 10.9. The van der Waals surface area contributed by atoms with Gasteiger partial charge in [0.15, 0.2) is 5.78 Å². The summed E-state index contributed by atoms with van der Waals surface area (Å²) in [5, 5.41) is 6.18. The van der Waals surface area contributed by atoms with Gasteiger partial charge in [0.2, 0.25) is 25.9 Å². The highest BCUT2D eigenvalue weighted by atomic mass is 35.5. The number of likely N-dealkylation sites (tertiary alicyclic amines) is 2. The number of sulfonamides is 2. The molecule has 0 radical (unpaired) electrons. The van der Waals surface area contributed by atoms with Gasteiger partial charge in [0.05, 0.1) is 52.6 Å². The Bertz CT molecular complexity index is 2730. The predicted molar refractivity (Wildman–Crippen MR) is 239 cm³/mol. The summed E-state index contributed by atoms with van der Waals surface area (Å²) in [5.41, 5.74) is 5.75. The van der Waals surface area contributed by atoms with Crippen LogP contribution in [0.1, 0.15) is 59.5 Å². The minimum absolute atomic E-state index is 0.00690. The van der Waals surface area contributed by atoms with Crippen LogP contribution in [0.25, 0.3) is 11.5 Å². The molecule has 0 saturated carbocycles. The number of halogens is 8. The lowest BCUT2D eigenvalue weighted by atomic mass is 10.1. The van der Waals surface area contributed by atoms with Crippen LogP contribution in [0.2, 0.25) is 10.0 Å². The molecular weight excluding hydrogens is 960 g/mol. The lowest BCUT2D eigenvalue weighted by Gasteiger charge is -2.26. The summed E-state index contributed by atoms with van der Waals surface area (Å²) < 4.78 is 142. The fraction of sp³-hybridized carbons (Fsp3) is 0.372. The molecule has 0 atom stereocenters. The van der Waals surface area contributed by atoms with Crippen molar-refractivity contribution in [3.63, 3.8) is 0 Å². The van der Waals surface area contributed by atoms with Gasteiger partial charge in [0.1, 0.15) is 23.3 Å². The standard InChI is InChI=1S/C22H21ClF4N4O3S.C21H24ClF2N3O3S/c23-17-12-16(5-6-18(17)24)31(35(32,33)10-9-30-7-1-2-8-30)13-15-4-3-14(11-19(15)25)21-28-29-22(34-21)20(26)27;22-18-12-17(5-6-19(18)23)27(31(29,30)10-9-26-7-1-2-8-26)14-16-4-3-15(11-20(16)24)21(28)13-25/h3-6,11-12,20H,1-2,7-10,13H2;3-6,11-12H,1-2,7-10,13-14,25H2. The van der Waals surface area contributed by atoms with E-state index < -0.39 is 68.0 Å². The fourth-order valence-electron chi connectivity index (χ4n) is 7.23. The molecule has 5 aromatic rings. The van der Waals surface area contributed by atoms with Crippen molar-refractivity contribution in [3.8, 4) is 11.5 Å². The minimum atomic E-state index is -3.96. The Morgan fingerprint density at radius 1 is 0.667 bits per heavy atom. The molecule has 1 aromatic heterocycles. The molecule has 0 unspecified atom stereocenters. The van der Waals surface area contributed by atoms with Crippen molar-refractivity contribution >= 4 is 60.4 Å². The van der Waals surface area contributed by atoms with Gasteiger partial charge in [-0.2, -0.15) is 8.78 Å². The molecule has 13 nitrogen and oxygen atoms in total. The zero-order valence-corrected chi connectivity index (χ0v) is 38.3. The van der Waals surface area contributed by atoms with Crippen LogP contribution in [0, 0.1) is 23.3 Å². The first kappa shape index (κ1) is 50.6. The predicted octanol–water partition coefficient (Wildman–Crippen LogP) is 8.23. The van der Waals surface area contributed by atoms with E-state index in [2.05, 4.69) is 15.1 Å². The highest BCUT2D eigenvalue weighted by Gasteiger charge is 2.29. The number of anilines is 2. The number of carbonyl (C=O) groups is 1. The average molecular weight is 1000 g/mol. The van der Waals surface area contributed by atoms with Gasteiger partial charge in [-0.15, -0.1) is 10.2 Å². The first-order valence-electron chi connectivity index (χ1n) is 20.6. The van der Waals surface area contributed by atoms with Crippen molar-refractivity contribution in [2.24, 2.45) is 5.73 Å². The summed E-state index contributed by atoms with van der Waals surface area (Å²) in [6, 6.07) is 14.5. The van der Waals surface area contributed by atoms with Crippen LogP contribution in [0.4, 0.5) is 37.7 Å². The van der Waals surface area contributed by atoms with Crippen LogP contribution >= 0.6 is 23.2 Å². The largest absolute Gasteiger partial charge is 0.415 e. The van der Waals surface area contributed by atoms with E-state index in [1.54, 1.807) is 0 Å². The van der Waals surface area contributed by atoms with Crippen LogP contribution in [-0.4, -0.2) is 99.9 Å². The zero-order valence-electron chi connectivity index (χ0n) is 35.2. The van der Waals surface area contributed by atoms with E-state index in [1.165, 1.54) is 48.5 Å². The Labute approximate surface area is 388 Å². The Morgan fingerprint density at radius 2 is 1.14 bits per heavy atom. The monoisotopic (exact) mass is 1000 g/mol. The zero-order chi connectivity index (χ0) is 47.8. The van der Waals surface area contributed by atoms with E-state index in [0.29, 0.717) is 13.1 Å². The molecule has 2 N–H and O–H groups in total. The highest BCUT2D eigenvalue weighted by Crippen LogP contribution is 2.31. The number of ketones is 1. The average Bonchev–Trinajstić information content (AvgIpc) is 4.11. The van der Waals surface area contributed by atoms with Crippen LogP contribution in [-0.2, 0) is 33.1 Å². The number of nitrogens with zero attached hydrogens (tertiary/aromatic N) is 6. The maximum atomic E-state index is 15.0. The van der Waals surface area contributed by atoms with E-state index in [4.69, 9.17) is 33.4 Å². The number of alkyl halides is 2. The number of aromatic nitrogens is 2. The van der Waals surface area contributed by atoms with Gasteiger partial charge in [-0.05, 0) is 106 Å². The number of rotatable bonds is 18. The number of benzene rings is 4. The van der Waals surface area contributed by atoms with Crippen LogP contribution in [0.5, 0.6) is 0 Å². The second kappa shape index (κ2) is 22.4. The van der Waals surface area contributed by atoms with Gasteiger partial charge in [0, 0.05) is 35.3 Å². The Balaban J connectivity index is 0.000000220. The quantitative estimate of drug-likeness (QED) is 0.0665. The molecule has 66 heavy (non-hydrogen) atoms. The molecule has 0 aliphatic carbocycles. The van der Waals surface area contributed by atoms with Crippen molar-refractivity contribution in [1.82, 2.24) is 20.0 Å². The number of carbonyl (C=O) groups excluding carboxylic acids is 1. The third-order valence-corrected chi connectivity index (χ3v) is 14.9. The molecular formula is C43H45Cl2F6N7O6S2. The van der Waals surface area contributed by atoms with Crippen molar-refractivity contribution in [1.29, 1.82) is 0 Å². The lowest BCUT2D eigenvalue weighted by molar-refractivity contribution is 0.100.